The van der Waals surface area contributed by atoms with Crippen molar-refractivity contribution in [3.8, 4) is 0 Å². The lowest BCUT2D eigenvalue weighted by molar-refractivity contribution is -0.230. The number of aliphatic hydroxyl groups is 1. The number of amides is 1. The lowest BCUT2D eigenvalue weighted by Crippen LogP contribution is -2.45. The number of aliphatic hydroxyl groups excluding tert-OH is 1. The minimum atomic E-state index is -4.51. The van der Waals surface area contributed by atoms with E-state index >= 15 is 0 Å². The van der Waals surface area contributed by atoms with E-state index in [2.05, 4.69) is 0 Å². The van der Waals surface area contributed by atoms with Crippen LogP contribution in [0, 0.1) is 5.41 Å². The van der Waals surface area contributed by atoms with Gasteiger partial charge in [0.2, 0.25) is 5.91 Å². The van der Waals surface area contributed by atoms with Gasteiger partial charge in [0.15, 0.2) is 0 Å². The molecule has 94 valence electrons. The molecular formula is C9H13ClF3NO2. The second kappa shape index (κ2) is 4.41. The molecule has 1 aliphatic heterocycles. The molecule has 0 unspecified atom stereocenters. The number of carbonyl (C=O) groups is 1. The van der Waals surface area contributed by atoms with Gasteiger partial charge in [0, 0.05) is 13.1 Å². The average molecular weight is 260 g/mol. The van der Waals surface area contributed by atoms with Crippen molar-refractivity contribution in [2.75, 3.05) is 19.7 Å². The zero-order valence-corrected chi connectivity index (χ0v) is 9.48. The number of hydrogen-bond acceptors (Lipinski definition) is 2. The predicted octanol–water partition coefficient (Wildman–Crippen LogP) is 1.39. The van der Waals surface area contributed by atoms with Crippen molar-refractivity contribution in [2.24, 2.45) is 5.41 Å². The van der Waals surface area contributed by atoms with Gasteiger partial charge >= 0.3 is 6.18 Å². The van der Waals surface area contributed by atoms with E-state index in [4.69, 9.17) is 16.7 Å². The van der Waals surface area contributed by atoms with Crippen molar-refractivity contribution in [1.29, 1.82) is 0 Å². The molecule has 0 saturated carbocycles. The molecule has 0 bridgehead atoms. The Morgan fingerprint density at radius 3 is 2.50 bits per heavy atom. The Morgan fingerprint density at radius 2 is 2.19 bits per heavy atom. The Kier molecular flexibility index (Phi) is 3.74. The second-order valence-electron chi connectivity index (χ2n) is 4.06. The fourth-order valence-corrected chi connectivity index (χ4v) is 1.90. The smallest absolute Gasteiger partial charge is 0.395 e. The van der Waals surface area contributed by atoms with Crippen LogP contribution in [0.2, 0.25) is 0 Å². The molecule has 16 heavy (non-hydrogen) atoms. The van der Waals surface area contributed by atoms with Crippen LogP contribution in [0.1, 0.15) is 13.3 Å². The maximum Gasteiger partial charge on any atom is 0.398 e. The molecule has 1 heterocycles. The zero-order valence-electron chi connectivity index (χ0n) is 8.72. The van der Waals surface area contributed by atoms with E-state index in [1.807, 2.05) is 0 Å². The van der Waals surface area contributed by atoms with Gasteiger partial charge in [-0.25, -0.2) is 0 Å². The molecular weight excluding hydrogens is 247 g/mol. The molecule has 1 N–H and O–H groups in total. The first-order valence-electron chi connectivity index (χ1n) is 4.84. The molecule has 3 nitrogen and oxygen atoms in total. The fourth-order valence-electron chi connectivity index (χ4n) is 1.76. The highest BCUT2D eigenvalue weighted by Crippen LogP contribution is 2.45. The van der Waals surface area contributed by atoms with Gasteiger partial charge in [-0.2, -0.15) is 13.2 Å². The maximum absolute atomic E-state index is 12.7. The van der Waals surface area contributed by atoms with Crippen LogP contribution in [0.3, 0.4) is 0 Å². The van der Waals surface area contributed by atoms with Gasteiger partial charge < -0.3 is 10.0 Å². The van der Waals surface area contributed by atoms with Crippen LogP contribution in [0.5, 0.6) is 0 Å². The minimum Gasteiger partial charge on any atom is -0.395 e. The molecule has 1 amide bonds. The van der Waals surface area contributed by atoms with Gasteiger partial charge in [-0.3, -0.25) is 4.79 Å². The van der Waals surface area contributed by atoms with Crippen LogP contribution in [0.15, 0.2) is 0 Å². The Hall–Kier alpha value is -0.490. The van der Waals surface area contributed by atoms with E-state index in [9.17, 15) is 18.0 Å². The summed E-state index contributed by atoms with van der Waals surface area (Å²) in [6, 6.07) is 0. The summed E-state index contributed by atoms with van der Waals surface area (Å²) >= 11 is 5.52. The summed E-state index contributed by atoms with van der Waals surface area (Å²) in [6.45, 7) is -0.119. The molecule has 0 aromatic rings. The van der Waals surface area contributed by atoms with Gasteiger partial charge in [-0.05, 0) is 13.3 Å². The third-order valence-electron chi connectivity index (χ3n) is 2.91. The highest BCUT2D eigenvalue weighted by Gasteiger charge is 2.58. The van der Waals surface area contributed by atoms with Crippen LogP contribution in [-0.4, -0.2) is 47.2 Å². The van der Waals surface area contributed by atoms with Gasteiger partial charge in [0.05, 0.1) is 6.61 Å². The van der Waals surface area contributed by atoms with Gasteiger partial charge in [0.25, 0.3) is 0 Å². The quantitative estimate of drug-likeness (QED) is 0.762. The molecule has 0 aliphatic carbocycles. The van der Waals surface area contributed by atoms with Crippen LogP contribution in [0.25, 0.3) is 0 Å². The first kappa shape index (κ1) is 13.6. The number of alkyl halides is 4. The average Bonchev–Trinajstić information content (AvgIpc) is 2.60. The molecule has 0 radical (unpaired) electrons. The Balaban J connectivity index is 2.80. The highest BCUT2D eigenvalue weighted by molar-refractivity contribution is 6.30. The summed E-state index contributed by atoms with van der Waals surface area (Å²) in [4.78, 5) is 12.5. The predicted molar refractivity (Wildman–Crippen MR) is 52.1 cm³/mol. The first-order chi connectivity index (χ1) is 7.23. The summed E-state index contributed by atoms with van der Waals surface area (Å²) in [7, 11) is 0. The monoisotopic (exact) mass is 259 g/mol. The molecule has 1 saturated heterocycles. The largest absolute Gasteiger partial charge is 0.398 e. The topological polar surface area (TPSA) is 40.5 Å². The Bertz CT molecular complexity index is 282. The normalized spacial score (nSPS) is 28.2. The third-order valence-corrected chi connectivity index (χ3v) is 3.10. The molecule has 1 rings (SSSR count). The van der Waals surface area contributed by atoms with Gasteiger partial charge in [0.1, 0.15) is 10.8 Å². The lowest BCUT2D eigenvalue weighted by Gasteiger charge is -2.29. The number of nitrogens with zero attached hydrogens (tertiary/aromatic N) is 1. The van der Waals surface area contributed by atoms with Crippen molar-refractivity contribution in [1.82, 2.24) is 4.90 Å². The minimum absolute atomic E-state index is 0.0179. The van der Waals surface area contributed by atoms with Crippen molar-refractivity contribution < 1.29 is 23.1 Å². The number of halogens is 4. The lowest BCUT2D eigenvalue weighted by atomic mass is 9.87. The van der Waals surface area contributed by atoms with Crippen molar-refractivity contribution in [3.05, 3.63) is 0 Å². The van der Waals surface area contributed by atoms with E-state index < -0.39 is 36.0 Å². The van der Waals surface area contributed by atoms with Crippen molar-refractivity contribution in [2.45, 2.75) is 24.9 Å². The second-order valence-corrected chi connectivity index (χ2v) is 4.72. The number of rotatable bonds is 2. The molecule has 0 spiro atoms. The van der Waals surface area contributed by atoms with Crippen molar-refractivity contribution in [3.63, 3.8) is 0 Å². The van der Waals surface area contributed by atoms with Crippen molar-refractivity contribution >= 4 is 17.5 Å². The summed E-state index contributed by atoms with van der Waals surface area (Å²) in [5, 5.41) is 8.05. The van der Waals surface area contributed by atoms with E-state index in [0.29, 0.717) is 0 Å². The molecule has 0 aromatic carbocycles. The third kappa shape index (κ3) is 2.27. The van der Waals surface area contributed by atoms with Crippen LogP contribution in [-0.2, 0) is 4.79 Å². The van der Waals surface area contributed by atoms with Crippen LogP contribution >= 0.6 is 11.6 Å². The Morgan fingerprint density at radius 1 is 1.62 bits per heavy atom. The Labute approximate surface area is 96.2 Å². The number of carbonyl (C=O) groups excluding carboxylic acids is 1. The first-order valence-corrected chi connectivity index (χ1v) is 5.27. The molecule has 7 heteroatoms. The van der Waals surface area contributed by atoms with E-state index in [1.165, 1.54) is 6.92 Å². The van der Waals surface area contributed by atoms with Crippen LogP contribution < -0.4 is 0 Å². The maximum atomic E-state index is 12.7. The fraction of sp³-hybridized carbons (Fsp3) is 0.889. The van der Waals surface area contributed by atoms with E-state index in [0.717, 1.165) is 4.90 Å². The van der Waals surface area contributed by atoms with E-state index in [1.54, 1.807) is 0 Å². The molecule has 0 aromatic heterocycles. The summed E-state index contributed by atoms with van der Waals surface area (Å²) in [5.41, 5.74) is -2.19. The standard InChI is InChI=1S/C9H13ClF3NO2/c1-6(10)7(16)14-3-2-8(4-14,5-15)9(11,12)13/h6,15H,2-5H2,1H3/t6-,8-/m0/s1. The number of hydrogen-bond donors (Lipinski definition) is 1. The van der Waals surface area contributed by atoms with Crippen LogP contribution in [0.4, 0.5) is 13.2 Å². The summed E-state index contributed by atoms with van der Waals surface area (Å²) < 4.78 is 38.2. The summed E-state index contributed by atoms with van der Waals surface area (Å²) in [5.74, 6) is -0.527. The summed E-state index contributed by atoms with van der Waals surface area (Å²) in [6.07, 6.45) is -4.78. The molecule has 1 aliphatic rings. The zero-order chi connectivity index (χ0) is 12.6. The molecule has 1 fully saturated rings. The SMILES string of the molecule is C[C@H](Cl)C(=O)N1CC[C@](CO)(C(F)(F)F)C1. The van der Waals surface area contributed by atoms with Gasteiger partial charge in [-0.1, -0.05) is 0 Å². The van der Waals surface area contributed by atoms with E-state index in [-0.39, 0.29) is 13.0 Å². The highest BCUT2D eigenvalue weighted by atomic mass is 35.5. The van der Waals surface area contributed by atoms with Gasteiger partial charge in [-0.15, -0.1) is 11.6 Å². The number of likely N-dealkylation sites (tertiary alicyclic amines) is 1. The molecule has 2 atom stereocenters.